The molecule has 3 rings (SSSR count). The van der Waals surface area contributed by atoms with Gasteiger partial charge in [-0.3, -0.25) is 24.4 Å². The van der Waals surface area contributed by atoms with Crippen molar-refractivity contribution in [2.24, 2.45) is 4.99 Å². The quantitative estimate of drug-likeness (QED) is 0.249. The van der Waals surface area contributed by atoms with E-state index in [4.69, 9.17) is 0 Å². The number of aromatic amines is 2. The number of anilines is 1. The van der Waals surface area contributed by atoms with Crippen LogP contribution in [0.5, 0.6) is 5.88 Å². The van der Waals surface area contributed by atoms with Gasteiger partial charge in [-0.05, 0) is 46.9 Å². The average Bonchev–Trinajstić information content (AvgIpc) is 2.66. The third kappa shape index (κ3) is 4.19. The number of aromatic hydroxyl groups is 1. The lowest BCUT2D eigenvalue weighted by atomic mass is 10.1. The second-order valence-electron chi connectivity index (χ2n) is 5.81. The lowest BCUT2D eigenvalue weighted by molar-refractivity contribution is -0.111. The smallest absolute Gasteiger partial charge is 0.258 e. The van der Waals surface area contributed by atoms with Crippen molar-refractivity contribution in [3.63, 3.8) is 0 Å². The highest BCUT2D eigenvalue weighted by atomic mass is 127. The second-order valence-corrected chi connectivity index (χ2v) is 7.05. The number of H-pyrrole nitrogens is 2. The number of hydrogen-bond acceptors (Lipinski definition) is 5. The van der Waals surface area contributed by atoms with Crippen molar-refractivity contribution < 1.29 is 9.90 Å². The fraction of sp³-hybridized carbons (Fsp3) is 0.0526. The van der Waals surface area contributed by atoms with E-state index in [1.165, 1.54) is 18.5 Å². The summed E-state index contributed by atoms with van der Waals surface area (Å²) in [7, 11) is 0. The van der Waals surface area contributed by atoms with E-state index in [9.17, 15) is 19.5 Å². The first-order chi connectivity index (χ1) is 13.4. The van der Waals surface area contributed by atoms with Gasteiger partial charge in [-0.25, -0.2) is 0 Å². The summed E-state index contributed by atoms with van der Waals surface area (Å²) in [6, 6.07) is 6.59. The molecule has 0 unspecified atom stereocenters. The van der Waals surface area contributed by atoms with Crippen molar-refractivity contribution in [3.05, 3.63) is 78.5 Å². The molecule has 1 amide bonds. The van der Waals surface area contributed by atoms with E-state index >= 15 is 0 Å². The zero-order valence-electron chi connectivity index (χ0n) is 14.5. The van der Waals surface area contributed by atoms with Crippen LogP contribution in [0.2, 0.25) is 0 Å². The highest BCUT2D eigenvalue weighted by Crippen LogP contribution is 2.22. The standard InChI is InChI=1S/C19H15IN4O4/c1-2-17(26)23-15-9-22-11(6-16(15)25)7-21-8-14-13-5-10(20)3-4-12(13)18(27)24-19(14)28/h2-6,8-9H,1,7H2,(H,22,25)(H,23,26)(H2,24,27,28). The van der Waals surface area contributed by atoms with E-state index in [1.54, 1.807) is 18.2 Å². The minimum absolute atomic E-state index is 0.108. The first-order valence-corrected chi connectivity index (χ1v) is 9.16. The Hall–Kier alpha value is -3.21. The number of halogens is 1. The fourth-order valence-electron chi connectivity index (χ4n) is 2.56. The normalized spacial score (nSPS) is 11.0. The van der Waals surface area contributed by atoms with Crippen LogP contribution >= 0.6 is 22.6 Å². The molecule has 2 heterocycles. The maximum absolute atomic E-state index is 12.0. The molecule has 0 radical (unpaired) electrons. The van der Waals surface area contributed by atoms with Crippen molar-refractivity contribution >= 4 is 51.2 Å². The lowest BCUT2D eigenvalue weighted by Crippen LogP contribution is -2.16. The van der Waals surface area contributed by atoms with Gasteiger partial charge in [0.25, 0.3) is 5.56 Å². The van der Waals surface area contributed by atoms with Gasteiger partial charge < -0.3 is 15.4 Å². The van der Waals surface area contributed by atoms with E-state index in [-0.39, 0.29) is 29.1 Å². The Morgan fingerprint density at radius 2 is 2.07 bits per heavy atom. The number of amides is 1. The summed E-state index contributed by atoms with van der Waals surface area (Å²) in [5.74, 6) is -0.759. The summed E-state index contributed by atoms with van der Waals surface area (Å²) < 4.78 is 0.909. The first kappa shape index (κ1) is 19.5. The molecule has 0 aliphatic carbocycles. The van der Waals surface area contributed by atoms with E-state index in [2.05, 4.69) is 49.4 Å². The molecule has 0 saturated heterocycles. The van der Waals surface area contributed by atoms with Gasteiger partial charge in [0.15, 0.2) is 0 Å². The molecule has 0 atom stereocenters. The minimum Gasteiger partial charge on any atom is -0.494 e. The number of nitrogens with zero attached hydrogens (tertiary/aromatic N) is 1. The number of aromatic nitrogens is 2. The van der Waals surface area contributed by atoms with Gasteiger partial charge in [0.2, 0.25) is 17.2 Å². The maximum atomic E-state index is 12.0. The van der Waals surface area contributed by atoms with E-state index in [0.29, 0.717) is 22.0 Å². The lowest BCUT2D eigenvalue weighted by Gasteiger charge is -2.05. The van der Waals surface area contributed by atoms with Crippen molar-refractivity contribution in [1.82, 2.24) is 9.97 Å². The Morgan fingerprint density at radius 3 is 2.79 bits per heavy atom. The SMILES string of the molecule is C=CC(=O)Nc1c[nH]c(CN=Cc2c(O)[nH]c(=O)c3ccc(I)cc23)cc1=O. The Morgan fingerprint density at radius 1 is 1.29 bits per heavy atom. The second kappa shape index (κ2) is 8.21. The number of nitrogens with one attached hydrogen (secondary N) is 3. The van der Waals surface area contributed by atoms with Crippen molar-refractivity contribution in [2.45, 2.75) is 6.54 Å². The van der Waals surface area contributed by atoms with Gasteiger partial charge in [-0.15, -0.1) is 0 Å². The van der Waals surface area contributed by atoms with Gasteiger partial charge in [-0.2, -0.15) is 0 Å². The van der Waals surface area contributed by atoms with Gasteiger partial charge in [0.05, 0.1) is 12.1 Å². The van der Waals surface area contributed by atoms with Crippen LogP contribution in [0, 0.1) is 3.57 Å². The molecule has 28 heavy (non-hydrogen) atoms. The molecule has 0 bridgehead atoms. The molecule has 0 aliphatic heterocycles. The number of fused-ring (bicyclic) bond motifs is 1. The third-order valence-corrected chi connectivity index (χ3v) is 4.57. The van der Waals surface area contributed by atoms with Crippen LogP contribution in [0.25, 0.3) is 10.8 Å². The number of pyridine rings is 2. The Bertz CT molecular complexity index is 1230. The largest absolute Gasteiger partial charge is 0.494 e. The Kier molecular flexibility index (Phi) is 5.73. The van der Waals surface area contributed by atoms with Gasteiger partial charge >= 0.3 is 0 Å². The summed E-state index contributed by atoms with van der Waals surface area (Å²) in [6.45, 7) is 3.46. The van der Waals surface area contributed by atoms with Gasteiger partial charge in [-0.1, -0.05) is 6.58 Å². The molecule has 2 aromatic heterocycles. The molecule has 1 aromatic carbocycles. The van der Waals surface area contributed by atoms with Crippen LogP contribution < -0.4 is 16.3 Å². The van der Waals surface area contributed by atoms with Gasteiger partial charge in [0.1, 0.15) is 5.69 Å². The molecule has 9 heteroatoms. The first-order valence-electron chi connectivity index (χ1n) is 8.08. The van der Waals surface area contributed by atoms with E-state index in [1.807, 2.05) is 0 Å². The number of carbonyl (C=O) groups is 1. The summed E-state index contributed by atoms with van der Waals surface area (Å²) in [5.41, 5.74) is 0.246. The molecule has 0 saturated carbocycles. The van der Waals surface area contributed by atoms with Gasteiger partial charge in [0, 0.05) is 38.5 Å². The monoisotopic (exact) mass is 490 g/mol. The van der Waals surface area contributed by atoms with Crippen LogP contribution in [0.3, 0.4) is 0 Å². The zero-order valence-corrected chi connectivity index (χ0v) is 16.6. The fourth-order valence-corrected chi connectivity index (χ4v) is 3.05. The average molecular weight is 490 g/mol. The molecule has 4 N–H and O–H groups in total. The molecule has 3 aromatic rings. The zero-order chi connectivity index (χ0) is 20.3. The highest BCUT2D eigenvalue weighted by Gasteiger charge is 2.10. The Balaban J connectivity index is 1.88. The van der Waals surface area contributed by atoms with E-state index < -0.39 is 5.91 Å². The third-order valence-electron chi connectivity index (χ3n) is 3.90. The summed E-state index contributed by atoms with van der Waals surface area (Å²) in [4.78, 5) is 44.8. The molecule has 0 fully saturated rings. The molecule has 8 nitrogen and oxygen atoms in total. The number of rotatable bonds is 5. The van der Waals surface area contributed by atoms with E-state index in [0.717, 1.165) is 9.65 Å². The van der Waals surface area contributed by atoms with Crippen molar-refractivity contribution in [2.75, 3.05) is 5.32 Å². The predicted octanol–water partition coefficient (Wildman–Crippen LogP) is 2.27. The minimum atomic E-state index is -0.480. The highest BCUT2D eigenvalue weighted by molar-refractivity contribution is 14.1. The molecular weight excluding hydrogens is 475 g/mol. The number of hydrogen-bond donors (Lipinski definition) is 4. The maximum Gasteiger partial charge on any atom is 0.258 e. The van der Waals surface area contributed by atoms with Crippen molar-refractivity contribution in [1.29, 1.82) is 0 Å². The Labute approximate surface area is 172 Å². The van der Waals surface area contributed by atoms with Crippen LogP contribution in [0.15, 0.2) is 57.7 Å². The molecule has 0 spiro atoms. The summed E-state index contributed by atoms with van der Waals surface area (Å²) in [6.07, 6.45) is 3.89. The molecule has 142 valence electrons. The number of benzene rings is 1. The van der Waals surface area contributed by atoms with Crippen LogP contribution in [-0.4, -0.2) is 27.2 Å². The number of aliphatic imine (C=N–C) groups is 1. The topological polar surface area (TPSA) is 127 Å². The van der Waals surface area contributed by atoms with Crippen LogP contribution in [-0.2, 0) is 11.3 Å². The van der Waals surface area contributed by atoms with Crippen LogP contribution in [0.1, 0.15) is 11.3 Å². The predicted molar refractivity (Wildman–Crippen MR) is 116 cm³/mol. The number of carbonyl (C=O) groups excluding carboxylic acids is 1. The van der Waals surface area contributed by atoms with Crippen molar-refractivity contribution in [3.8, 4) is 5.88 Å². The van der Waals surface area contributed by atoms with Crippen LogP contribution in [0.4, 0.5) is 5.69 Å². The molecular formula is C19H15IN4O4. The molecule has 0 aliphatic rings. The summed E-state index contributed by atoms with van der Waals surface area (Å²) >= 11 is 2.12. The summed E-state index contributed by atoms with van der Waals surface area (Å²) in [5, 5.41) is 13.5.